The molecule has 0 aliphatic rings. The molecule has 0 atom stereocenters. The lowest BCUT2D eigenvalue weighted by Crippen LogP contribution is -2.49. The monoisotopic (exact) mass is 381 g/mol. The highest BCUT2D eigenvalue weighted by molar-refractivity contribution is 6.30. The van der Waals surface area contributed by atoms with Gasteiger partial charge in [-0.05, 0) is 37.6 Å². The van der Waals surface area contributed by atoms with Crippen LogP contribution in [0.4, 0.5) is 0 Å². The van der Waals surface area contributed by atoms with Crippen molar-refractivity contribution in [2.75, 3.05) is 0 Å². The predicted octanol–water partition coefficient (Wildman–Crippen LogP) is 3.62. The van der Waals surface area contributed by atoms with E-state index in [0.717, 1.165) is 11.1 Å². The number of aromatic nitrogens is 2. The number of carbonyl (C=O) groups is 1. The van der Waals surface area contributed by atoms with Gasteiger partial charge >= 0.3 is 0 Å². The quantitative estimate of drug-likeness (QED) is 0.734. The van der Waals surface area contributed by atoms with Crippen LogP contribution >= 0.6 is 11.6 Å². The van der Waals surface area contributed by atoms with E-state index >= 15 is 0 Å². The van der Waals surface area contributed by atoms with Crippen LogP contribution in [-0.2, 0) is 16.9 Å². The molecule has 0 aliphatic carbocycles. The van der Waals surface area contributed by atoms with Gasteiger partial charge in [-0.2, -0.15) is 5.10 Å². The van der Waals surface area contributed by atoms with Crippen LogP contribution in [0.25, 0.3) is 11.3 Å². The van der Waals surface area contributed by atoms with Crippen molar-refractivity contribution in [1.82, 2.24) is 15.1 Å². The van der Waals surface area contributed by atoms with Crippen molar-refractivity contribution >= 4 is 17.5 Å². The van der Waals surface area contributed by atoms with Crippen LogP contribution in [0.3, 0.4) is 0 Å². The first kappa shape index (κ1) is 18.9. The van der Waals surface area contributed by atoms with E-state index in [2.05, 4.69) is 10.4 Å². The van der Waals surface area contributed by atoms with Crippen molar-refractivity contribution in [2.45, 2.75) is 25.9 Å². The summed E-state index contributed by atoms with van der Waals surface area (Å²) in [6.45, 7) is 3.69. The average Bonchev–Trinajstić information content (AvgIpc) is 2.68. The summed E-state index contributed by atoms with van der Waals surface area (Å²) in [4.78, 5) is 25.1. The molecule has 0 saturated carbocycles. The number of hydrogen-bond donors (Lipinski definition) is 1. The number of hydrogen-bond acceptors (Lipinski definition) is 3. The Kier molecular flexibility index (Phi) is 5.42. The zero-order chi connectivity index (χ0) is 19.4. The average molecular weight is 382 g/mol. The van der Waals surface area contributed by atoms with Gasteiger partial charge in [0.05, 0.1) is 5.69 Å². The van der Waals surface area contributed by atoms with E-state index in [-0.39, 0.29) is 11.5 Å². The summed E-state index contributed by atoms with van der Waals surface area (Å²) < 4.78 is 1.23. The lowest BCUT2D eigenvalue weighted by atomic mass is 10.0. The third-order valence-corrected chi connectivity index (χ3v) is 4.57. The SMILES string of the molecule is CC(C)(C(=O)NCc1ccc(Cl)cc1)n1nc(-c2ccccc2)ccc1=O. The number of amides is 1. The highest BCUT2D eigenvalue weighted by Crippen LogP contribution is 2.18. The second-order valence-corrected chi connectivity index (χ2v) is 7.14. The summed E-state index contributed by atoms with van der Waals surface area (Å²) in [6.07, 6.45) is 0. The molecule has 138 valence electrons. The number of benzene rings is 2. The first-order chi connectivity index (χ1) is 12.9. The van der Waals surface area contributed by atoms with Gasteiger partial charge in [-0.3, -0.25) is 9.59 Å². The maximum atomic E-state index is 12.8. The Labute approximate surface area is 162 Å². The van der Waals surface area contributed by atoms with Gasteiger partial charge in [-0.25, -0.2) is 4.68 Å². The fourth-order valence-corrected chi connectivity index (χ4v) is 2.80. The molecule has 1 N–H and O–H groups in total. The van der Waals surface area contributed by atoms with Crippen molar-refractivity contribution in [3.8, 4) is 11.3 Å². The van der Waals surface area contributed by atoms with Crippen LogP contribution in [0.15, 0.2) is 71.5 Å². The van der Waals surface area contributed by atoms with E-state index in [1.165, 1.54) is 10.7 Å². The molecule has 0 bridgehead atoms. The highest BCUT2D eigenvalue weighted by atomic mass is 35.5. The minimum Gasteiger partial charge on any atom is -0.350 e. The molecule has 0 fully saturated rings. The van der Waals surface area contributed by atoms with Crippen molar-refractivity contribution in [2.24, 2.45) is 0 Å². The Bertz CT molecular complexity index is 996. The topological polar surface area (TPSA) is 64.0 Å². The zero-order valence-electron chi connectivity index (χ0n) is 15.1. The Balaban J connectivity index is 1.83. The smallest absolute Gasteiger partial charge is 0.267 e. The second-order valence-electron chi connectivity index (χ2n) is 6.70. The van der Waals surface area contributed by atoms with E-state index in [4.69, 9.17) is 11.6 Å². The van der Waals surface area contributed by atoms with Crippen LogP contribution in [-0.4, -0.2) is 15.7 Å². The fourth-order valence-electron chi connectivity index (χ4n) is 2.67. The van der Waals surface area contributed by atoms with Gasteiger partial charge in [0.2, 0.25) is 5.91 Å². The standard InChI is InChI=1S/C21H20ClN3O2/c1-21(2,20(27)23-14-15-8-10-17(22)11-9-15)25-19(26)13-12-18(24-25)16-6-4-3-5-7-16/h3-13H,14H2,1-2H3,(H,23,27). The molecular weight excluding hydrogens is 362 g/mol. The summed E-state index contributed by atoms with van der Waals surface area (Å²) in [6, 6.07) is 19.8. The minimum atomic E-state index is -1.14. The zero-order valence-corrected chi connectivity index (χ0v) is 15.9. The molecule has 1 amide bonds. The van der Waals surface area contributed by atoms with Gasteiger partial charge in [-0.15, -0.1) is 0 Å². The third kappa shape index (κ3) is 4.26. The molecule has 0 saturated heterocycles. The van der Waals surface area contributed by atoms with Crippen LogP contribution < -0.4 is 10.9 Å². The van der Waals surface area contributed by atoms with Crippen LogP contribution in [0.5, 0.6) is 0 Å². The number of carbonyl (C=O) groups excluding carboxylic acids is 1. The first-order valence-corrected chi connectivity index (χ1v) is 8.95. The van der Waals surface area contributed by atoms with E-state index in [0.29, 0.717) is 17.3 Å². The summed E-state index contributed by atoms with van der Waals surface area (Å²) >= 11 is 5.88. The highest BCUT2D eigenvalue weighted by Gasteiger charge is 2.32. The van der Waals surface area contributed by atoms with Gasteiger partial charge in [0.15, 0.2) is 0 Å². The normalized spacial score (nSPS) is 11.2. The van der Waals surface area contributed by atoms with Crippen molar-refractivity contribution in [3.63, 3.8) is 0 Å². The largest absolute Gasteiger partial charge is 0.350 e. The molecule has 3 aromatic rings. The van der Waals surface area contributed by atoms with Gasteiger partial charge in [0.25, 0.3) is 5.56 Å². The summed E-state index contributed by atoms with van der Waals surface area (Å²) in [7, 11) is 0. The molecular formula is C21H20ClN3O2. The molecule has 1 heterocycles. The van der Waals surface area contributed by atoms with E-state index < -0.39 is 5.54 Å². The Hall–Kier alpha value is -2.92. The maximum absolute atomic E-state index is 12.8. The molecule has 27 heavy (non-hydrogen) atoms. The number of nitrogens with zero attached hydrogens (tertiary/aromatic N) is 2. The van der Waals surface area contributed by atoms with Gasteiger partial charge in [0.1, 0.15) is 5.54 Å². The van der Waals surface area contributed by atoms with E-state index in [1.807, 2.05) is 42.5 Å². The predicted molar refractivity (Wildman–Crippen MR) is 107 cm³/mol. The summed E-state index contributed by atoms with van der Waals surface area (Å²) in [5.41, 5.74) is 0.953. The molecule has 2 aromatic carbocycles. The van der Waals surface area contributed by atoms with Crippen LogP contribution in [0.1, 0.15) is 19.4 Å². The van der Waals surface area contributed by atoms with Crippen LogP contribution in [0.2, 0.25) is 5.02 Å². The van der Waals surface area contributed by atoms with E-state index in [9.17, 15) is 9.59 Å². The maximum Gasteiger partial charge on any atom is 0.267 e. The lowest BCUT2D eigenvalue weighted by Gasteiger charge is -2.25. The van der Waals surface area contributed by atoms with Gasteiger partial charge < -0.3 is 5.32 Å². The molecule has 0 spiro atoms. The number of rotatable bonds is 5. The Morgan fingerprint density at radius 1 is 1.04 bits per heavy atom. The molecule has 6 heteroatoms. The van der Waals surface area contributed by atoms with Gasteiger partial charge in [-0.1, -0.05) is 54.1 Å². The molecule has 3 rings (SSSR count). The molecule has 0 aliphatic heterocycles. The number of nitrogens with one attached hydrogen (secondary N) is 1. The summed E-state index contributed by atoms with van der Waals surface area (Å²) in [5.74, 6) is -0.294. The third-order valence-electron chi connectivity index (χ3n) is 4.32. The van der Waals surface area contributed by atoms with Crippen LogP contribution in [0, 0.1) is 0 Å². The minimum absolute atomic E-state index is 0.294. The second kappa shape index (κ2) is 7.76. The van der Waals surface area contributed by atoms with E-state index in [1.54, 1.807) is 32.0 Å². The van der Waals surface area contributed by atoms with Gasteiger partial charge in [0, 0.05) is 23.2 Å². The van der Waals surface area contributed by atoms with Crippen molar-refractivity contribution in [3.05, 3.63) is 87.7 Å². The Morgan fingerprint density at radius 3 is 2.37 bits per heavy atom. The Morgan fingerprint density at radius 2 is 1.70 bits per heavy atom. The fraction of sp³-hybridized carbons (Fsp3) is 0.190. The first-order valence-electron chi connectivity index (χ1n) is 8.57. The molecule has 0 radical (unpaired) electrons. The van der Waals surface area contributed by atoms with Crippen molar-refractivity contribution < 1.29 is 4.79 Å². The summed E-state index contributed by atoms with van der Waals surface area (Å²) in [5, 5.41) is 7.93. The molecule has 0 unspecified atom stereocenters. The van der Waals surface area contributed by atoms with Crippen molar-refractivity contribution in [1.29, 1.82) is 0 Å². The number of halogens is 1. The lowest BCUT2D eigenvalue weighted by molar-refractivity contribution is -0.129. The molecule has 1 aromatic heterocycles. The molecule has 5 nitrogen and oxygen atoms in total.